The molecular formula is C23H25N5O. The topological polar surface area (TPSA) is 71.0 Å². The van der Waals surface area contributed by atoms with E-state index in [0.29, 0.717) is 11.7 Å². The lowest BCUT2D eigenvalue weighted by Crippen LogP contribution is -2.39. The quantitative estimate of drug-likeness (QED) is 0.721. The molecule has 1 fully saturated rings. The number of benzene rings is 1. The van der Waals surface area contributed by atoms with E-state index in [1.165, 1.54) is 0 Å². The average Bonchev–Trinajstić information content (AvgIpc) is 2.78. The number of piperidine rings is 1. The van der Waals surface area contributed by atoms with Crippen molar-refractivity contribution in [3.05, 3.63) is 72.2 Å². The number of anilines is 1. The molecule has 1 amide bonds. The molecule has 0 saturated carbocycles. The van der Waals surface area contributed by atoms with E-state index in [2.05, 4.69) is 20.3 Å². The number of hydrogen-bond acceptors (Lipinski definition) is 5. The normalized spacial score (nSPS) is 14.6. The summed E-state index contributed by atoms with van der Waals surface area (Å²) >= 11 is 0. The van der Waals surface area contributed by atoms with Gasteiger partial charge >= 0.3 is 0 Å². The van der Waals surface area contributed by atoms with Gasteiger partial charge < -0.3 is 10.2 Å². The van der Waals surface area contributed by atoms with Crippen LogP contribution in [0.1, 0.15) is 28.9 Å². The Kier molecular flexibility index (Phi) is 5.79. The lowest BCUT2D eigenvalue weighted by Gasteiger charge is -2.32. The molecule has 3 aromatic rings. The Morgan fingerprint density at radius 1 is 1.10 bits per heavy atom. The number of pyridine rings is 1. The van der Waals surface area contributed by atoms with Crippen LogP contribution in [0.2, 0.25) is 0 Å². The molecule has 0 aliphatic carbocycles. The molecule has 1 saturated heterocycles. The molecule has 3 heterocycles. The predicted octanol–water partition coefficient (Wildman–Crippen LogP) is 3.81. The predicted molar refractivity (Wildman–Crippen MR) is 114 cm³/mol. The molecule has 0 unspecified atom stereocenters. The first-order valence-corrected chi connectivity index (χ1v) is 10.0. The summed E-state index contributed by atoms with van der Waals surface area (Å²) in [4.78, 5) is 27.9. The van der Waals surface area contributed by atoms with Gasteiger partial charge in [-0.25, -0.2) is 9.97 Å². The van der Waals surface area contributed by atoms with Gasteiger partial charge in [0.1, 0.15) is 5.82 Å². The Hall–Kier alpha value is -3.28. The van der Waals surface area contributed by atoms with Gasteiger partial charge in [-0.15, -0.1) is 0 Å². The smallest absolute Gasteiger partial charge is 0.253 e. The van der Waals surface area contributed by atoms with Crippen LogP contribution in [-0.4, -0.2) is 45.4 Å². The standard InChI is InChI=1S/C23H25N5O/c1-17-14-21(27-22(26-17)20-8-5-11-24-16-20)25-15-18-9-12-28(13-10-18)23(29)19-6-3-2-4-7-19/h2-8,11,14,16,18H,9-10,12-13,15H2,1H3,(H,25,26,27). The summed E-state index contributed by atoms with van der Waals surface area (Å²) in [6.45, 7) is 4.41. The Morgan fingerprint density at radius 3 is 2.62 bits per heavy atom. The van der Waals surface area contributed by atoms with E-state index in [9.17, 15) is 4.79 Å². The second-order valence-electron chi connectivity index (χ2n) is 7.44. The third kappa shape index (κ3) is 4.77. The van der Waals surface area contributed by atoms with E-state index < -0.39 is 0 Å². The van der Waals surface area contributed by atoms with Crippen LogP contribution in [0.25, 0.3) is 11.4 Å². The number of nitrogens with one attached hydrogen (secondary N) is 1. The Balaban J connectivity index is 1.33. The van der Waals surface area contributed by atoms with Gasteiger partial charge in [-0.1, -0.05) is 18.2 Å². The minimum Gasteiger partial charge on any atom is -0.370 e. The van der Waals surface area contributed by atoms with Crippen molar-refractivity contribution in [2.75, 3.05) is 25.0 Å². The number of carbonyl (C=O) groups excluding carboxylic acids is 1. The molecule has 6 heteroatoms. The molecule has 1 aromatic carbocycles. The summed E-state index contributed by atoms with van der Waals surface area (Å²) in [6, 6.07) is 15.3. The largest absolute Gasteiger partial charge is 0.370 e. The van der Waals surface area contributed by atoms with Crippen LogP contribution in [0.15, 0.2) is 60.9 Å². The van der Waals surface area contributed by atoms with Crippen LogP contribution in [0, 0.1) is 12.8 Å². The average molecular weight is 387 g/mol. The minimum atomic E-state index is 0.129. The molecule has 1 N–H and O–H groups in total. The molecule has 29 heavy (non-hydrogen) atoms. The molecule has 0 radical (unpaired) electrons. The molecule has 0 bridgehead atoms. The van der Waals surface area contributed by atoms with Crippen molar-refractivity contribution in [3.63, 3.8) is 0 Å². The lowest BCUT2D eigenvalue weighted by molar-refractivity contribution is 0.0695. The van der Waals surface area contributed by atoms with Crippen LogP contribution in [-0.2, 0) is 0 Å². The summed E-state index contributed by atoms with van der Waals surface area (Å²) in [7, 11) is 0. The number of amides is 1. The second-order valence-corrected chi connectivity index (χ2v) is 7.44. The Labute approximate surface area is 171 Å². The Morgan fingerprint density at radius 2 is 1.90 bits per heavy atom. The second kappa shape index (κ2) is 8.82. The van der Waals surface area contributed by atoms with Crippen molar-refractivity contribution in [2.24, 2.45) is 5.92 Å². The first kappa shape index (κ1) is 19.1. The monoisotopic (exact) mass is 387 g/mol. The van der Waals surface area contributed by atoms with E-state index in [1.807, 2.05) is 60.4 Å². The van der Waals surface area contributed by atoms with E-state index in [0.717, 1.165) is 55.1 Å². The highest BCUT2D eigenvalue weighted by atomic mass is 16.2. The zero-order valence-electron chi connectivity index (χ0n) is 16.6. The highest BCUT2D eigenvalue weighted by Crippen LogP contribution is 2.21. The summed E-state index contributed by atoms with van der Waals surface area (Å²) in [5, 5.41) is 3.47. The van der Waals surface area contributed by atoms with Gasteiger partial charge in [-0.3, -0.25) is 9.78 Å². The number of rotatable bonds is 5. The summed E-state index contributed by atoms with van der Waals surface area (Å²) in [6.07, 6.45) is 5.50. The fraction of sp³-hybridized carbons (Fsp3) is 0.304. The lowest BCUT2D eigenvalue weighted by atomic mass is 9.96. The molecule has 1 aliphatic rings. The molecule has 148 valence electrons. The molecule has 1 aliphatic heterocycles. The third-order valence-electron chi connectivity index (χ3n) is 5.27. The number of aryl methyl sites for hydroxylation is 1. The van der Waals surface area contributed by atoms with E-state index in [-0.39, 0.29) is 5.91 Å². The van der Waals surface area contributed by atoms with E-state index in [1.54, 1.807) is 12.4 Å². The molecular weight excluding hydrogens is 362 g/mol. The molecule has 6 nitrogen and oxygen atoms in total. The molecule has 2 aromatic heterocycles. The first-order chi connectivity index (χ1) is 14.2. The number of hydrogen-bond donors (Lipinski definition) is 1. The molecule has 0 spiro atoms. The van der Waals surface area contributed by atoms with Gasteiger partial charge in [-0.2, -0.15) is 0 Å². The van der Waals surface area contributed by atoms with Crippen LogP contribution in [0.3, 0.4) is 0 Å². The minimum absolute atomic E-state index is 0.129. The highest BCUT2D eigenvalue weighted by molar-refractivity contribution is 5.94. The van der Waals surface area contributed by atoms with Gasteiger partial charge in [0.25, 0.3) is 5.91 Å². The van der Waals surface area contributed by atoms with Gasteiger partial charge in [0, 0.05) is 54.9 Å². The van der Waals surface area contributed by atoms with Gasteiger partial charge in [-0.05, 0) is 49.9 Å². The summed E-state index contributed by atoms with van der Waals surface area (Å²) < 4.78 is 0. The van der Waals surface area contributed by atoms with Crippen molar-refractivity contribution in [2.45, 2.75) is 19.8 Å². The number of carbonyl (C=O) groups is 1. The van der Waals surface area contributed by atoms with Gasteiger partial charge in [0.15, 0.2) is 5.82 Å². The first-order valence-electron chi connectivity index (χ1n) is 10.0. The third-order valence-corrected chi connectivity index (χ3v) is 5.27. The van der Waals surface area contributed by atoms with Gasteiger partial charge in [0.2, 0.25) is 0 Å². The molecule has 4 rings (SSSR count). The van der Waals surface area contributed by atoms with Crippen molar-refractivity contribution in [1.29, 1.82) is 0 Å². The maximum Gasteiger partial charge on any atom is 0.253 e. The fourth-order valence-corrected chi connectivity index (χ4v) is 3.64. The number of nitrogens with zero attached hydrogens (tertiary/aromatic N) is 4. The van der Waals surface area contributed by atoms with Crippen molar-refractivity contribution in [1.82, 2.24) is 19.9 Å². The van der Waals surface area contributed by atoms with Crippen LogP contribution < -0.4 is 5.32 Å². The van der Waals surface area contributed by atoms with Crippen LogP contribution >= 0.6 is 0 Å². The number of likely N-dealkylation sites (tertiary alicyclic amines) is 1. The van der Waals surface area contributed by atoms with Crippen molar-refractivity contribution >= 4 is 11.7 Å². The summed E-state index contributed by atoms with van der Waals surface area (Å²) in [5.74, 6) is 2.17. The van der Waals surface area contributed by atoms with Crippen LogP contribution in [0.5, 0.6) is 0 Å². The fourth-order valence-electron chi connectivity index (χ4n) is 3.64. The van der Waals surface area contributed by atoms with Crippen molar-refractivity contribution < 1.29 is 4.79 Å². The van der Waals surface area contributed by atoms with Crippen molar-refractivity contribution in [3.8, 4) is 11.4 Å². The number of aromatic nitrogens is 3. The van der Waals surface area contributed by atoms with Crippen LogP contribution in [0.4, 0.5) is 5.82 Å². The highest BCUT2D eigenvalue weighted by Gasteiger charge is 2.23. The zero-order valence-corrected chi connectivity index (χ0v) is 16.6. The maximum absolute atomic E-state index is 12.6. The Bertz CT molecular complexity index is 954. The van der Waals surface area contributed by atoms with E-state index >= 15 is 0 Å². The van der Waals surface area contributed by atoms with Gasteiger partial charge in [0.05, 0.1) is 0 Å². The maximum atomic E-state index is 12.6. The van der Waals surface area contributed by atoms with E-state index in [4.69, 9.17) is 0 Å². The molecule has 0 atom stereocenters. The summed E-state index contributed by atoms with van der Waals surface area (Å²) in [5.41, 5.74) is 2.60. The SMILES string of the molecule is Cc1cc(NCC2CCN(C(=O)c3ccccc3)CC2)nc(-c2cccnc2)n1. The zero-order chi connectivity index (χ0) is 20.1.